The Morgan fingerprint density at radius 1 is 1.46 bits per heavy atom. The standard InChI is InChI=1S/C8H7NO4/c1-13-8(12)5-2-3-9-4-6(5)7(10)11/h2-4H,1H3,(H,10,11)/p-1. The van der Waals surface area contributed by atoms with Crippen molar-refractivity contribution in [2.45, 2.75) is 0 Å². The minimum absolute atomic E-state index is 0.0579. The van der Waals surface area contributed by atoms with Crippen LogP contribution in [0, 0.1) is 0 Å². The number of nitrogens with zero attached hydrogens (tertiary/aromatic N) is 1. The van der Waals surface area contributed by atoms with Crippen molar-refractivity contribution in [3.05, 3.63) is 29.6 Å². The van der Waals surface area contributed by atoms with Crippen molar-refractivity contribution in [2.24, 2.45) is 0 Å². The maximum Gasteiger partial charge on any atom is 0.338 e. The highest BCUT2D eigenvalue weighted by molar-refractivity contribution is 6.01. The summed E-state index contributed by atoms with van der Waals surface area (Å²) in [4.78, 5) is 25.0. The minimum Gasteiger partial charge on any atom is -0.545 e. The number of esters is 1. The van der Waals surface area contributed by atoms with Gasteiger partial charge in [0.1, 0.15) is 0 Å². The normalized spacial score (nSPS) is 9.31. The molecule has 0 aliphatic carbocycles. The number of rotatable bonds is 2. The van der Waals surface area contributed by atoms with Gasteiger partial charge in [-0.25, -0.2) is 4.79 Å². The molecule has 0 spiro atoms. The Morgan fingerprint density at radius 3 is 2.69 bits per heavy atom. The van der Waals surface area contributed by atoms with Crippen LogP contribution in [0.3, 0.4) is 0 Å². The first-order valence-corrected chi connectivity index (χ1v) is 3.40. The molecule has 1 aromatic heterocycles. The number of carboxylic acid groups (broad SMARTS) is 1. The molecule has 0 atom stereocenters. The van der Waals surface area contributed by atoms with Gasteiger partial charge in [-0.15, -0.1) is 0 Å². The number of carbonyl (C=O) groups is 2. The van der Waals surface area contributed by atoms with E-state index >= 15 is 0 Å². The van der Waals surface area contributed by atoms with Crippen LogP contribution in [-0.2, 0) is 4.74 Å². The fourth-order valence-corrected chi connectivity index (χ4v) is 0.845. The van der Waals surface area contributed by atoms with Crippen LogP contribution in [-0.4, -0.2) is 24.0 Å². The third-order valence-corrected chi connectivity index (χ3v) is 1.45. The molecule has 0 radical (unpaired) electrons. The van der Waals surface area contributed by atoms with E-state index in [1.165, 1.54) is 19.4 Å². The van der Waals surface area contributed by atoms with E-state index in [-0.39, 0.29) is 11.1 Å². The number of carboxylic acids is 1. The fourth-order valence-electron chi connectivity index (χ4n) is 0.845. The number of aromatic nitrogens is 1. The van der Waals surface area contributed by atoms with Crippen LogP contribution in [0.5, 0.6) is 0 Å². The van der Waals surface area contributed by atoms with Gasteiger partial charge in [0.25, 0.3) is 0 Å². The smallest absolute Gasteiger partial charge is 0.338 e. The predicted octanol–water partition coefficient (Wildman–Crippen LogP) is -0.768. The molecular formula is C8H6NO4-. The van der Waals surface area contributed by atoms with E-state index in [0.717, 1.165) is 6.20 Å². The van der Waals surface area contributed by atoms with E-state index in [1.807, 2.05) is 0 Å². The average Bonchev–Trinajstić information content (AvgIpc) is 2.16. The predicted molar refractivity (Wildman–Crippen MR) is 39.9 cm³/mol. The zero-order valence-corrected chi connectivity index (χ0v) is 6.81. The van der Waals surface area contributed by atoms with Crippen molar-refractivity contribution in [2.75, 3.05) is 7.11 Å². The van der Waals surface area contributed by atoms with Crippen LogP contribution < -0.4 is 5.11 Å². The van der Waals surface area contributed by atoms with Crippen LogP contribution in [0.15, 0.2) is 18.5 Å². The molecular weight excluding hydrogens is 174 g/mol. The Morgan fingerprint density at radius 2 is 2.15 bits per heavy atom. The van der Waals surface area contributed by atoms with Gasteiger partial charge in [-0.3, -0.25) is 4.98 Å². The van der Waals surface area contributed by atoms with Crippen LogP contribution in [0.1, 0.15) is 20.7 Å². The van der Waals surface area contributed by atoms with Gasteiger partial charge < -0.3 is 14.6 Å². The maximum absolute atomic E-state index is 11.0. The van der Waals surface area contributed by atoms with Gasteiger partial charge >= 0.3 is 5.97 Å². The largest absolute Gasteiger partial charge is 0.545 e. The molecule has 5 nitrogen and oxygen atoms in total. The summed E-state index contributed by atoms with van der Waals surface area (Å²) >= 11 is 0. The Labute approximate surface area is 74.0 Å². The number of hydrogen-bond donors (Lipinski definition) is 0. The second-order valence-corrected chi connectivity index (χ2v) is 2.20. The van der Waals surface area contributed by atoms with Crippen molar-refractivity contribution in [1.82, 2.24) is 4.98 Å². The van der Waals surface area contributed by atoms with Gasteiger partial charge in [-0.05, 0) is 6.07 Å². The van der Waals surface area contributed by atoms with Gasteiger partial charge in [0.15, 0.2) is 0 Å². The van der Waals surface area contributed by atoms with E-state index in [1.54, 1.807) is 0 Å². The highest BCUT2D eigenvalue weighted by Gasteiger charge is 2.11. The lowest BCUT2D eigenvalue weighted by molar-refractivity contribution is -0.255. The Bertz CT molecular complexity index is 348. The zero-order chi connectivity index (χ0) is 9.84. The molecule has 0 aliphatic heterocycles. The summed E-state index contributed by atoms with van der Waals surface area (Å²) < 4.78 is 4.37. The van der Waals surface area contributed by atoms with E-state index in [4.69, 9.17) is 0 Å². The van der Waals surface area contributed by atoms with Gasteiger partial charge in [0, 0.05) is 18.0 Å². The van der Waals surface area contributed by atoms with Crippen molar-refractivity contribution in [3.63, 3.8) is 0 Å². The van der Waals surface area contributed by atoms with E-state index in [0.29, 0.717) is 0 Å². The summed E-state index contributed by atoms with van der Waals surface area (Å²) in [6, 6.07) is 1.26. The van der Waals surface area contributed by atoms with E-state index in [2.05, 4.69) is 9.72 Å². The van der Waals surface area contributed by atoms with Crippen LogP contribution in [0.4, 0.5) is 0 Å². The molecule has 5 heteroatoms. The average molecular weight is 180 g/mol. The van der Waals surface area contributed by atoms with Gasteiger partial charge in [-0.1, -0.05) is 0 Å². The second kappa shape index (κ2) is 3.66. The molecule has 0 amide bonds. The monoisotopic (exact) mass is 180 g/mol. The van der Waals surface area contributed by atoms with Crippen molar-refractivity contribution < 1.29 is 19.4 Å². The molecule has 0 fully saturated rings. The number of ether oxygens (including phenoxy) is 1. The lowest BCUT2D eigenvalue weighted by atomic mass is 10.1. The molecule has 13 heavy (non-hydrogen) atoms. The fraction of sp³-hybridized carbons (Fsp3) is 0.125. The lowest BCUT2D eigenvalue weighted by Crippen LogP contribution is -2.25. The van der Waals surface area contributed by atoms with Crippen LogP contribution in [0.25, 0.3) is 0 Å². The Kier molecular flexibility index (Phi) is 2.59. The molecule has 68 valence electrons. The number of methoxy groups -OCH3 is 1. The van der Waals surface area contributed by atoms with Crippen molar-refractivity contribution >= 4 is 11.9 Å². The molecule has 0 bridgehead atoms. The summed E-state index contributed by atoms with van der Waals surface area (Å²) in [6.07, 6.45) is 2.35. The minimum atomic E-state index is -1.45. The summed E-state index contributed by atoms with van der Waals surface area (Å²) in [6.45, 7) is 0. The van der Waals surface area contributed by atoms with E-state index < -0.39 is 11.9 Å². The van der Waals surface area contributed by atoms with Gasteiger partial charge in [-0.2, -0.15) is 0 Å². The molecule has 0 aliphatic rings. The maximum atomic E-state index is 11.0. The molecule has 0 saturated heterocycles. The highest BCUT2D eigenvalue weighted by atomic mass is 16.5. The summed E-state index contributed by atoms with van der Waals surface area (Å²) in [5.41, 5.74) is -0.327. The van der Waals surface area contributed by atoms with Gasteiger partial charge in [0.2, 0.25) is 0 Å². The first-order valence-electron chi connectivity index (χ1n) is 3.40. The van der Waals surface area contributed by atoms with Crippen molar-refractivity contribution in [1.29, 1.82) is 0 Å². The first-order chi connectivity index (χ1) is 6.16. The van der Waals surface area contributed by atoms with Crippen molar-refractivity contribution in [3.8, 4) is 0 Å². The summed E-state index contributed by atoms with van der Waals surface area (Å²) in [5, 5.41) is 10.5. The highest BCUT2D eigenvalue weighted by Crippen LogP contribution is 2.06. The quantitative estimate of drug-likeness (QED) is 0.558. The molecule has 0 saturated carbocycles. The first kappa shape index (κ1) is 9.18. The molecule has 1 aromatic rings. The summed E-state index contributed by atoms with van der Waals surface area (Å²) in [7, 11) is 1.17. The third-order valence-electron chi connectivity index (χ3n) is 1.45. The lowest BCUT2D eigenvalue weighted by Gasteiger charge is -2.06. The molecule has 1 rings (SSSR count). The molecule has 0 unspecified atom stereocenters. The van der Waals surface area contributed by atoms with E-state index in [9.17, 15) is 14.7 Å². The molecule has 1 heterocycles. The Balaban J connectivity index is 3.19. The zero-order valence-electron chi connectivity index (χ0n) is 6.81. The topological polar surface area (TPSA) is 79.3 Å². The number of hydrogen-bond acceptors (Lipinski definition) is 5. The van der Waals surface area contributed by atoms with Crippen LogP contribution >= 0.6 is 0 Å². The number of carbonyl (C=O) groups excluding carboxylic acids is 2. The Hall–Kier alpha value is -1.91. The third kappa shape index (κ3) is 1.81. The number of aromatic carboxylic acids is 1. The summed E-state index contributed by atoms with van der Waals surface area (Å²) in [5.74, 6) is -2.17. The SMILES string of the molecule is COC(=O)c1ccncc1C(=O)[O-]. The number of pyridine rings is 1. The van der Waals surface area contributed by atoms with Crippen LogP contribution in [0.2, 0.25) is 0 Å². The molecule has 0 aromatic carbocycles. The second-order valence-electron chi connectivity index (χ2n) is 2.20. The molecule has 0 N–H and O–H groups in total. The van der Waals surface area contributed by atoms with Gasteiger partial charge in [0.05, 0.1) is 18.6 Å².